The van der Waals surface area contributed by atoms with Crippen molar-refractivity contribution in [1.29, 1.82) is 0 Å². The molecule has 0 saturated heterocycles. The van der Waals surface area contributed by atoms with Gasteiger partial charge in [-0.15, -0.1) is 11.3 Å². The number of ether oxygens (including phenoxy) is 1. The standard InChI is InChI=1S/C8H7ClN2O2S/c1-2-13-7(12)5-6(9)10-8-11(5)3-4-14-8/h3-4H,2H2,1H3. The van der Waals surface area contributed by atoms with Crippen LogP contribution in [0.25, 0.3) is 4.96 Å². The predicted molar refractivity (Wildman–Crippen MR) is 54.0 cm³/mol. The molecular weight excluding hydrogens is 224 g/mol. The molecule has 0 aliphatic rings. The number of nitrogens with zero attached hydrogens (tertiary/aromatic N) is 2. The molecule has 0 radical (unpaired) electrons. The molecule has 74 valence electrons. The number of esters is 1. The average molecular weight is 231 g/mol. The van der Waals surface area contributed by atoms with Gasteiger partial charge < -0.3 is 4.74 Å². The third-order valence-corrected chi connectivity index (χ3v) is 2.71. The fourth-order valence-electron chi connectivity index (χ4n) is 1.14. The number of carbonyl (C=O) groups excluding carboxylic acids is 1. The fourth-order valence-corrected chi connectivity index (χ4v) is 2.15. The van der Waals surface area contributed by atoms with Gasteiger partial charge >= 0.3 is 5.97 Å². The zero-order valence-corrected chi connectivity index (χ0v) is 8.93. The van der Waals surface area contributed by atoms with Crippen LogP contribution in [0.2, 0.25) is 5.15 Å². The van der Waals surface area contributed by atoms with Crippen LogP contribution in [-0.4, -0.2) is 22.0 Å². The number of carbonyl (C=O) groups is 1. The highest BCUT2D eigenvalue weighted by atomic mass is 35.5. The van der Waals surface area contributed by atoms with Crippen molar-refractivity contribution in [3.8, 4) is 0 Å². The lowest BCUT2D eigenvalue weighted by molar-refractivity contribution is 0.0518. The van der Waals surface area contributed by atoms with E-state index in [2.05, 4.69) is 4.98 Å². The molecule has 0 aromatic carbocycles. The molecule has 0 atom stereocenters. The van der Waals surface area contributed by atoms with Crippen LogP contribution in [0.4, 0.5) is 0 Å². The third kappa shape index (κ3) is 1.38. The SMILES string of the molecule is CCOC(=O)c1c(Cl)nc2sccn12. The molecule has 0 spiro atoms. The van der Waals surface area contributed by atoms with Crippen molar-refractivity contribution in [2.75, 3.05) is 6.61 Å². The Morgan fingerprint density at radius 1 is 1.79 bits per heavy atom. The Kier molecular flexibility index (Phi) is 2.43. The van der Waals surface area contributed by atoms with Gasteiger partial charge in [0.15, 0.2) is 15.8 Å². The smallest absolute Gasteiger partial charge is 0.358 e. The summed E-state index contributed by atoms with van der Waals surface area (Å²) >= 11 is 7.23. The number of halogens is 1. The molecule has 4 nitrogen and oxygen atoms in total. The van der Waals surface area contributed by atoms with Crippen molar-refractivity contribution in [3.63, 3.8) is 0 Å². The van der Waals surface area contributed by atoms with Crippen molar-refractivity contribution in [1.82, 2.24) is 9.38 Å². The maximum atomic E-state index is 11.5. The highest BCUT2D eigenvalue weighted by molar-refractivity contribution is 7.15. The van der Waals surface area contributed by atoms with E-state index in [-0.39, 0.29) is 5.15 Å². The first-order valence-electron chi connectivity index (χ1n) is 4.02. The molecule has 14 heavy (non-hydrogen) atoms. The minimum absolute atomic E-state index is 0.190. The zero-order valence-electron chi connectivity index (χ0n) is 7.36. The minimum Gasteiger partial charge on any atom is -0.461 e. The Morgan fingerprint density at radius 3 is 3.29 bits per heavy atom. The first-order valence-corrected chi connectivity index (χ1v) is 5.28. The summed E-state index contributed by atoms with van der Waals surface area (Å²) in [7, 11) is 0. The highest BCUT2D eigenvalue weighted by Gasteiger charge is 2.19. The largest absolute Gasteiger partial charge is 0.461 e. The molecule has 2 aromatic rings. The zero-order chi connectivity index (χ0) is 10.1. The van der Waals surface area contributed by atoms with E-state index in [9.17, 15) is 4.79 Å². The Bertz CT molecular complexity index is 477. The highest BCUT2D eigenvalue weighted by Crippen LogP contribution is 2.21. The summed E-state index contributed by atoms with van der Waals surface area (Å²) in [6, 6.07) is 0. The van der Waals surface area contributed by atoms with Gasteiger partial charge in [0, 0.05) is 11.6 Å². The molecule has 0 saturated carbocycles. The van der Waals surface area contributed by atoms with Crippen LogP contribution < -0.4 is 0 Å². The molecule has 0 N–H and O–H groups in total. The summed E-state index contributed by atoms with van der Waals surface area (Å²) in [6.45, 7) is 2.07. The molecule has 0 unspecified atom stereocenters. The Labute approximate surface area is 89.1 Å². The van der Waals surface area contributed by atoms with E-state index in [0.717, 1.165) is 0 Å². The molecule has 6 heteroatoms. The van der Waals surface area contributed by atoms with Crippen molar-refractivity contribution >= 4 is 33.9 Å². The second-order valence-corrected chi connectivity index (χ2v) is 3.76. The van der Waals surface area contributed by atoms with Crippen LogP contribution in [-0.2, 0) is 4.74 Å². The number of hydrogen-bond donors (Lipinski definition) is 0. The molecule has 0 aliphatic heterocycles. The van der Waals surface area contributed by atoms with Gasteiger partial charge in [-0.1, -0.05) is 11.6 Å². The number of imidazole rings is 1. The van der Waals surface area contributed by atoms with Crippen molar-refractivity contribution < 1.29 is 9.53 Å². The summed E-state index contributed by atoms with van der Waals surface area (Å²) in [5.74, 6) is -0.441. The first kappa shape index (κ1) is 9.48. The summed E-state index contributed by atoms with van der Waals surface area (Å²) in [5.41, 5.74) is 0.296. The Balaban J connectivity index is 2.53. The summed E-state index contributed by atoms with van der Waals surface area (Å²) in [5, 5.41) is 2.02. The van der Waals surface area contributed by atoms with E-state index in [1.54, 1.807) is 17.5 Å². The lowest BCUT2D eigenvalue weighted by atomic mass is 10.5. The van der Waals surface area contributed by atoms with Gasteiger partial charge in [-0.25, -0.2) is 9.78 Å². The minimum atomic E-state index is -0.441. The molecule has 0 amide bonds. The molecule has 2 rings (SSSR count). The van der Waals surface area contributed by atoms with Gasteiger partial charge in [-0.05, 0) is 6.92 Å². The Morgan fingerprint density at radius 2 is 2.57 bits per heavy atom. The number of rotatable bonds is 2. The lowest BCUT2D eigenvalue weighted by Gasteiger charge is -1.99. The molecule has 2 aromatic heterocycles. The van der Waals surface area contributed by atoms with Crippen molar-refractivity contribution in [2.24, 2.45) is 0 Å². The van der Waals surface area contributed by atoms with Crippen LogP contribution >= 0.6 is 22.9 Å². The van der Waals surface area contributed by atoms with Crippen LogP contribution in [0.15, 0.2) is 11.6 Å². The average Bonchev–Trinajstić information content (AvgIpc) is 2.63. The van der Waals surface area contributed by atoms with E-state index in [1.165, 1.54) is 11.3 Å². The second-order valence-electron chi connectivity index (χ2n) is 2.53. The monoisotopic (exact) mass is 230 g/mol. The normalized spacial score (nSPS) is 10.7. The van der Waals surface area contributed by atoms with E-state index in [4.69, 9.17) is 16.3 Å². The number of aromatic nitrogens is 2. The van der Waals surface area contributed by atoms with Gasteiger partial charge in [-0.2, -0.15) is 0 Å². The Hall–Kier alpha value is -1.07. The van der Waals surface area contributed by atoms with E-state index in [0.29, 0.717) is 17.3 Å². The van der Waals surface area contributed by atoms with E-state index < -0.39 is 5.97 Å². The predicted octanol–water partition coefficient (Wildman–Crippen LogP) is 2.23. The van der Waals surface area contributed by atoms with E-state index in [1.807, 2.05) is 5.38 Å². The second kappa shape index (κ2) is 3.59. The third-order valence-electron chi connectivity index (χ3n) is 1.69. The van der Waals surface area contributed by atoms with Gasteiger partial charge in [0.2, 0.25) is 0 Å². The molecular formula is C8H7ClN2O2S. The first-order chi connectivity index (χ1) is 6.74. The van der Waals surface area contributed by atoms with Crippen molar-refractivity contribution in [3.05, 3.63) is 22.4 Å². The molecule has 0 bridgehead atoms. The maximum Gasteiger partial charge on any atom is 0.358 e. The number of hydrogen-bond acceptors (Lipinski definition) is 4. The van der Waals surface area contributed by atoms with Gasteiger partial charge in [0.1, 0.15) is 0 Å². The van der Waals surface area contributed by atoms with Gasteiger partial charge in [0.25, 0.3) is 0 Å². The van der Waals surface area contributed by atoms with Crippen LogP contribution in [0.5, 0.6) is 0 Å². The van der Waals surface area contributed by atoms with Crippen LogP contribution in [0, 0.1) is 0 Å². The quantitative estimate of drug-likeness (QED) is 0.743. The van der Waals surface area contributed by atoms with E-state index >= 15 is 0 Å². The summed E-state index contributed by atoms with van der Waals surface area (Å²) in [4.78, 5) is 16.2. The molecule has 2 heterocycles. The number of thiazole rings is 1. The molecule has 0 fully saturated rings. The van der Waals surface area contributed by atoms with Crippen LogP contribution in [0.3, 0.4) is 0 Å². The van der Waals surface area contributed by atoms with Gasteiger partial charge in [0.05, 0.1) is 6.61 Å². The van der Waals surface area contributed by atoms with Crippen molar-refractivity contribution in [2.45, 2.75) is 6.92 Å². The molecule has 0 aliphatic carbocycles. The van der Waals surface area contributed by atoms with Crippen LogP contribution in [0.1, 0.15) is 17.4 Å². The topological polar surface area (TPSA) is 43.6 Å². The summed E-state index contributed by atoms with van der Waals surface area (Å²) in [6.07, 6.45) is 1.74. The van der Waals surface area contributed by atoms with Gasteiger partial charge in [-0.3, -0.25) is 4.40 Å². The fraction of sp³-hybridized carbons (Fsp3) is 0.250. The lowest BCUT2D eigenvalue weighted by Crippen LogP contribution is -2.07. The summed E-state index contributed by atoms with van der Waals surface area (Å²) < 4.78 is 6.49. The number of fused-ring (bicyclic) bond motifs is 1. The maximum absolute atomic E-state index is 11.5.